The zero-order chi connectivity index (χ0) is 22.9. The van der Waals surface area contributed by atoms with E-state index in [1.807, 2.05) is 11.8 Å². The molecule has 1 saturated carbocycles. The summed E-state index contributed by atoms with van der Waals surface area (Å²) in [7, 11) is -1.22. The predicted molar refractivity (Wildman–Crippen MR) is 126 cm³/mol. The minimum Gasteiger partial charge on any atom is -0.360 e. The molecule has 2 fully saturated rings. The Kier molecular flexibility index (Phi) is 6.54. The number of carbonyl (C=O) groups excluding carboxylic acids is 1. The molecule has 0 unspecified atom stereocenters. The van der Waals surface area contributed by atoms with Crippen LogP contribution in [0, 0.1) is 5.82 Å². The summed E-state index contributed by atoms with van der Waals surface area (Å²) in [5.41, 5.74) is 2.19. The third-order valence-corrected chi connectivity index (χ3v) is 8.38. The predicted octanol–water partition coefficient (Wildman–Crippen LogP) is 5.12. The van der Waals surface area contributed by atoms with Crippen molar-refractivity contribution in [3.8, 4) is 11.3 Å². The number of hydrogen-bond donors (Lipinski definition) is 0. The van der Waals surface area contributed by atoms with Gasteiger partial charge in [0.15, 0.2) is 11.5 Å². The van der Waals surface area contributed by atoms with Crippen molar-refractivity contribution in [2.45, 2.75) is 83.4 Å². The van der Waals surface area contributed by atoms with Crippen molar-refractivity contribution in [1.82, 2.24) is 19.7 Å². The standard InChI is InChI=1S/C24H35FN4O2Si/c1-5-18-14-19(20(25)16-26-18)22-15-21(27-29(22)17-31-12-13-32(2,3)4)23(30)28-11-7-6-8-24(28)9-10-24/h14-16H,5-13,17H2,1-4H3. The summed E-state index contributed by atoms with van der Waals surface area (Å²) in [6.07, 6.45) is 7.39. The second-order valence-electron chi connectivity index (χ2n) is 10.4. The van der Waals surface area contributed by atoms with Gasteiger partial charge in [-0.15, -0.1) is 0 Å². The van der Waals surface area contributed by atoms with Crippen molar-refractivity contribution in [3.05, 3.63) is 35.5 Å². The summed E-state index contributed by atoms with van der Waals surface area (Å²) in [4.78, 5) is 19.6. The fraction of sp³-hybridized carbons (Fsp3) is 0.625. The Balaban J connectivity index is 1.63. The number of aromatic nitrogens is 3. The number of carbonyl (C=O) groups is 1. The molecule has 1 aliphatic heterocycles. The molecule has 8 heteroatoms. The number of aryl methyl sites for hydroxylation is 1. The Morgan fingerprint density at radius 3 is 2.69 bits per heavy atom. The molecule has 2 aromatic rings. The fourth-order valence-electron chi connectivity index (χ4n) is 4.45. The van der Waals surface area contributed by atoms with Crippen LogP contribution in [0.25, 0.3) is 11.3 Å². The van der Waals surface area contributed by atoms with Gasteiger partial charge in [-0.1, -0.05) is 26.6 Å². The Bertz CT molecular complexity index is 981. The number of nitrogens with zero attached hydrogens (tertiary/aromatic N) is 4. The van der Waals surface area contributed by atoms with Gasteiger partial charge in [-0.3, -0.25) is 9.78 Å². The molecule has 0 aromatic carbocycles. The van der Waals surface area contributed by atoms with Crippen molar-refractivity contribution in [2.24, 2.45) is 0 Å². The van der Waals surface area contributed by atoms with Crippen LogP contribution in [-0.2, 0) is 17.9 Å². The average Bonchev–Trinajstić information content (AvgIpc) is 3.38. The second kappa shape index (κ2) is 9.06. The lowest BCUT2D eigenvalue weighted by Crippen LogP contribution is -2.45. The normalized spacial score (nSPS) is 17.7. The molecule has 1 saturated heterocycles. The molecule has 1 spiro atoms. The van der Waals surface area contributed by atoms with Gasteiger partial charge in [0, 0.05) is 38.0 Å². The molecule has 0 radical (unpaired) electrons. The number of pyridine rings is 1. The maximum Gasteiger partial charge on any atom is 0.274 e. The van der Waals surface area contributed by atoms with E-state index in [2.05, 4.69) is 29.7 Å². The van der Waals surface area contributed by atoms with Crippen molar-refractivity contribution >= 4 is 14.0 Å². The Labute approximate surface area is 191 Å². The van der Waals surface area contributed by atoms with Gasteiger partial charge >= 0.3 is 0 Å². The van der Waals surface area contributed by atoms with Crippen molar-refractivity contribution in [3.63, 3.8) is 0 Å². The lowest BCUT2D eigenvalue weighted by molar-refractivity contribution is 0.0558. The first-order valence-electron chi connectivity index (χ1n) is 11.8. The van der Waals surface area contributed by atoms with Gasteiger partial charge in [-0.2, -0.15) is 5.10 Å². The van der Waals surface area contributed by atoms with Crippen LogP contribution in [0.4, 0.5) is 4.39 Å². The Morgan fingerprint density at radius 2 is 2.00 bits per heavy atom. The molecule has 174 valence electrons. The molecule has 0 bridgehead atoms. The van der Waals surface area contributed by atoms with Gasteiger partial charge < -0.3 is 9.64 Å². The Morgan fingerprint density at radius 1 is 1.22 bits per heavy atom. The molecule has 1 aliphatic carbocycles. The van der Waals surface area contributed by atoms with Crippen LogP contribution in [0.5, 0.6) is 0 Å². The number of amides is 1. The average molecular weight is 459 g/mol. The van der Waals surface area contributed by atoms with Gasteiger partial charge in [-0.05, 0) is 56.7 Å². The first-order valence-corrected chi connectivity index (χ1v) is 15.6. The second-order valence-corrected chi connectivity index (χ2v) is 16.0. The molecule has 0 atom stereocenters. The summed E-state index contributed by atoms with van der Waals surface area (Å²) >= 11 is 0. The van der Waals surface area contributed by atoms with E-state index in [0.29, 0.717) is 30.0 Å². The van der Waals surface area contributed by atoms with Crippen LogP contribution in [0.15, 0.2) is 18.3 Å². The van der Waals surface area contributed by atoms with E-state index in [1.165, 1.54) is 12.6 Å². The molecule has 32 heavy (non-hydrogen) atoms. The molecule has 0 N–H and O–H groups in total. The molecular formula is C24H35FN4O2Si. The minimum atomic E-state index is -1.22. The lowest BCUT2D eigenvalue weighted by atomic mass is 9.99. The largest absolute Gasteiger partial charge is 0.360 e. The third kappa shape index (κ3) is 4.96. The number of piperidine rings is 1. The summed E-state index contributed by atoms with van der Waals surface area (Å²) in [6.45, 7) is 10.5. The molecule has 4 rings (SSSR count). The van der Waals surface area contributed by atoms with Gasteiger partial charge in [-0.25, -0.2) is 9.07 Å². The molecule has 2 aromatic heterocycles. The first kappa shape index (κ1) is 23.1. The van der Waals surface area contributed by atoms with E-state index < -0.39 is 13.9 Å². The van der Waals surface area contributed by atoms with E-state index in [4.69, 9.17) is 4.74 Å². The van der Waals surface area contributed by atoms with E-state index in [9.17, 15) is 9.18 Å². The molecular weight excluding hydrogens is 423 g/mol. The molecule has 3 heterocycles. The van der Waals surface area contributed by atoms with Crippen LogP contribution >= 0.6 is 0 Å². The monoisotopic (exact) mass is 458 g/mol. The maximum absolute atomic E-state index is 14.8. The minimum absolute atomic E-state index is 0.0322. The highest BCUT2D eigenvalue weighted by atomic mass is 28.3. The van der Waals surface area contributed by atoms with Crippen LogP contribution in [0.1, 0.15) is 55.2 Å². The van der Waals surface area contributed by atoms with Gasteiger partial charge in [0.25, 0.3) is 5.91 Å². The zero-order valence-electron chi connectivity index (χ0n) is 19.8. The van der Waals surface area contributed by atoms with Crippen LogP contribution in [0.2, 0.25) is 25.7 Å². The highest BCUT2D eigenvalue weighted by molar-refractivity contribution is 6.76. The van der Waals surface area contributed by atoms with Crippen molar-refractivity contribution < 1.29 is 13.9 Å². The molecule has 6 nitrogen and oxygen atoms in total. The fourth-order valence-corrected chi connectivity index (χ4v) is 5.21. The Hall–Kier alpha value is -2.06. The van der Waals surface area contributed by atoms with Gasteiger partial charge in [0.1, 0.15) is 6.73 Å². The number of rotatable bonds is 8. The van der Waals surface area contributed by atoms with E-state index in [-0.39, 0.29) is 18.2 Å². The third-order valence-electron chi connectivity index (χ3n) is 6.68. The number of hydrogen-bond acceptors (Lipinski definition) is 4. The smallest absolute Gasteiger partial charge is 0.274 e. The summed E-state index contributed by atoms with van der Waals surface area (Å²) in [6, 6.07) is 4.52. The van der Waals surface area contributed by atoms with Crippen LogP contribution in [0.3, 0.4) is 0 Å². The van der Waals surface area contributed by atoms with Crippen molar-refractivity contribution in [2.75, 3.05) is 13.2 Å². The summed E-state index contributed by atoms with van der Waals surface area (Å²) in [5.74, 6) is -0.462. The lowest BCUT2D eigenvalue weighted by Gasteiger charge is -2.35. The SMILES string of the molecule is CCc1cc(-c2cc(C(=O)N3CCCCC34CC4)nn2COCC[Si](C)(C)C)c(F)cn1. The number of ether oxygens (including phenoxy) is 1. The highest BCUT2D eigenvalue weighted by Gasteiger charge is 2.51. The molecule has 1 amide bonds. The number of halogens is 1. The summed E-state index contributed by atoms with van der Waals surface area (Å²) < 4.78 is 22.3. The van der Waals surface area contributed by atoms with Crippen molar-refractivity contribution in [1.29, 1.82) is 0 Å². The van der Waals surface area contributed by atoms with E-state index in [0.717, 1.165) is 44.0 Å². The summed E-state index contributed by atoms with van der Waals surface area (Å²) in [5, 5.41) is 4.61. The topological polar surface area (TPSA) is 60.2 Å². The first-order chi connectivity index (χ1) is 15.2. The molecule has 2 aliphatic rings. The maximum atomic E-state index is 14.8. The zero-order valence-corrected chi connectivity index (χ0v) is 20.8. The van der Waals surface area contributed by atoms with Gasteiger partial charge in [0.05, 0.1) is 11.9 Å². The number of likely N-dealkylation sites (tertiary alicyclic amines) is 1. The van der Waals surface area contributed by atoms with Gasteiger partial charge in [0.2, 0.25) is 0 Å². The van der Waals surface area contributed by atoms with Crippen LogP contribution < -0.4 is 0 Å². The quantitative estimate of drug-likeness (QED) is 0.407. The van der Waals surface area contributed by atoms with E-state index >= 15 is 0 Å². The highest BCUT2D eigenvalue weighted by Crippen LogP contribution is 2.48. The van der Waals surface area contributed by atoms with Crippen LogP contribution in [-0.4, -0.2) is 52.3 Å². The van der Waals surface area contributed by atoms with E-state index in [1.54, 1.807) is 16.8 Å².